The van der Waals surface area contributed by atoms with E-state index in [1.54, 1.807) is 13.0 Å². The lowest BCUT2D eigenvalue weighted by molar-refractivity contribution is 0.0569. The number of aliphatic hydroxyl groups is 1. The molecule has 0 radical (unpaired) electrons. The third-order valence-corrected chi connectivity index (χ3v) is 2.61. The van der Waals surface area contributed by atoms with Gasteiger partial charge in [0.05, 0.1) is 18.1 Å². The fraction of sp³-hybridized carbons (Fsp3) is 0.231. The molecule has 0 aliphatic carbocycles. The van der Waals surface area contributed by atoms with E-state index in [9.17, 15) is 13.9 Å². The van der Waals surface area contributed by atoms with Crippen molar-refractivity contribution in [3.05, 3.63) is 59.6 Å². The fourth-order valence-electron chi connectivity index (χ4n) is 1.78. The highest BCUT2D eigenvalue weighted by molar-refractivity contribution is 5.24. The first-order valence-corrected chi connectivity index (χ1v) is 5.17. The van der Waals surface area contributed by atoms with Gasteiger partial charge in [-0.3, -0.25) is 0 Å². The Hall–Kier alpha value is -1.68. The standard InChI is InChI=1S/C13H12F2O2/c1-13(16,10-2-3-17-8-10)7-9-4-11(14)6-12(15)5-9/h2-6,8,16H,7H2,1H3. The Morgan fingerprint density at radius 3 is 2.41 bits per heavy atom. The SMILES string of the molecule is CC(O)(Cc1cc(F)cc(F)c1)c1ccoc1. The summed E-state index contributed by atoms with van der Waals surface area (Å²) in [7, 11) is 0. The zero-order valence-corrected chi connectivity index (χ0v) is 9.28. The van der Waals surface area contributed by atoms with Gasteiger partial charge in [-0.15, -0.1) is 0 Å². The van der Waals surface area contributed by atoms with E-state index in [-0.39, 0.29) is 6.42 Å². The van der Waals surface area contributed by atoms with Gasteiger partial charge in [0, 0.05) is 18.1 Å². The zero-order chi connectivity index (χ0) is 12.5. The monoisotopic (exact) mass is 238 g/mol. The second kappa shape index (κ2) is 4.30. The molecule has 4 heteroatoms. The van der Waals surface area contributed by atoms with Crippen molar-refractivity contribution in [1.82, 2.24) is 0 Å². The average molecular weight is 238 g/mol. The first-order chi connectivity index (χ1) is 7.97. The Labute approximate surface area is 97.5 Å². The molecule has 2 nitrogen and oxygen atoms in total. The van der Waals surface area contributed by atoms with Crippen LogP contribution in [0.1, 0.15) is 18.1 Å². The highest BCUT2D eigenvalue weighted by Gasteiger charge is 2.25. The third kappa shape index (κ3) is 2.71. The number of hydrogen-bond acceptors (Lipinski definition) is 2. The van der Waals surface area contributed by atoms with E-state index in [2.05, 4.69) is 0 Å². The Balaban J connectivity index is 2.26. The van der Waals surface area contributed by atoms with Gasteiger partial charge in [0.15, 0.2) is 0 Å². The molecular weight excluding hydrogens is 226 g/mol. The summed E-state index contributed by atoms with van der Waals surface area (Å²) in [5.74, 6) is -1.30. The van der Waals surface area contributed by atoms with Crippen molar-refractivity contribution >= 4 is 0 Å². The van der Waals surface area contributed by atoms with E-state index in [1.807, 2.05) is 0 Å². The van der Waals surface area contributed by atoms with Gasteiger partial charge in [0.25, 0.3) is 0 Å². The number of furan rings is 1. The van der Waals surface area contributed by atoms with Crippen LogP contribution in [0.25, 0.3) is 0 Å². The number of hydrogen-bond donors (Lipinski definition) is 1. The minimum atomic E-state index is -1.22. The predicted octanol–water partition coefficient (Wildman–Crippen LogP) is 3.01. The van der Waals surface area contributed by atoms with Crippen molar-refractivity contribution in [3.8, 4) is 0 Å². The Morgan fingerprint density at radius 2 is 1.88 bits per heavy atom. The van der Waals surface area contributed by atoms with Crippen LogP contribution >= 0.6 is 0 Å². The van der Waals surface area contributed by atoms with Gasteiger partial charge in [0.1, 0.15) is 11.6 Å². The topological polar surface area (TPSA) is 33.4 Å². The van der Waals surface area contributed by atoms with Gasteiger partial charge in [-0.2, -0.15) is 0 Å². The van der Waals surface area contributed by atoms with Crippen LogP contribution in [0.3, 0.4) is 0 Å². The summed E-state index contributed by atoms with van der Waals surface area (Å²) in [4.78, 5) is 0. The smallest absolute Gasteiger partial charge is 0.126 e. The molecule has 2 aromatic rings. The van der Waals surface area contributed by atoms with Crippen LogP contribution in [-0.2, 0) is 12.0 Å². The van der Waals surface area contributed by atoms with Gasteiger partial charge >= 0.3 is 0 Å². The number of halogens is 2. The van der Waals surface area contributed by atoms with Crippen molar-refractivity contribution < 1.29 is 18.3 Å². The van der Waals surface area contributed by atoms with E-state index in [4.69, 9.17) is 4.42 Å². The molecule has 1 aromatic carbocycles. The van der Waals surface area contributed by atoms with Crippen molar-refractivity contribution in [1.29, 1.82) is 0 Å². The summed E-state index contributed by atoms with van der Waals surface area (Å²) in [6.07, 6.45) is 2.97. The minimum Gasteiger partial charge on any atom is -0.472 e. The molecule has 0 saturated heterocycles. The van der Waals surface area contributed by atoms with Crippen LogP contribution in [0.5, 0.6) is 0 Å². The van der Waals surface area contributed by atoms with Crippen LogP contribution in [-0.4, -0.2) is 5.11 Å². The molecule has 0 amide bonds. The summed E-state index contributed by atoms with van der Waals surface area (Å²) < 4.78 is 30.9. The van der Waals surface area contributed by atoms with E-state index in [0.29, 0.717) is 11.1 Å². The number of benzene rings is 1. The first-order valence-electron chi connectivity index (χ1n) is 5.17. The Morgan fingerprint density at radius 1 is 1.24 bits per heavy atom. The van der Waals surface area contributed by atoms with Crippen LogP contribution in [0, 0.1) is 11.6 Å². The van der Waals surface area contributed by atoms with Crippen LogP contribution in [0.15, 0.2) is 41.2 Å². The molecule has 0 fully saturated rings. The van der Waals surface area contributed by atoms with Crippen molar-refractivity contribution in [2.24, 2.45) is 0 Å². The van der Waals surface area contributed by atoms with Gasteiger partial charge in [-0.1, -0.05) is 0 Å². The van der Waals surface area contributed by atoms with E-state index in [1.165, 1.54) is 24.7 Å². The lowest BCUT2D eigenvalue weighted by atomic mass is 9.91. The lowest BCUT2D eigenvalue weighted by Gasteiger charge is -2.21. The second-order valence-electron chi connectivity index (χ2n) is 4.24. The van der Waals surface area contributed by atoms with Gasteiger partial charge in [0.2, 0.25) is 0 Å². The fourth-order valence-corrected chi connectivity index (χ4v) is 1.78. The highest BCUT2D eigenvalue weighted by atomic mass is 19.1. The second-order valence-corrected chi connectivity index (χ2v) is 4.24. The molecule has 0 saturated carbocycles. The van der Waals surface area contributed by atoms with Crippen molar-refractivity contribution in [2.75, 3.05) is 0 Å². The molecule has 0 bridgehead atoms. The summed E-state index contributed by atoms with van der Waals surface area (Å²) in [6, 6.07) is 4.83. The molecule has 1 unspecified atom stereocenters. The van der Waals surface area contributed by atoms with Gasteiger partial charge in [-0.05, 0) is 30.7 Å². The van der Waals surface area contributed by atoms with E-state index in [0.717, 1.165) is 6.07 Å². The van der Waals surface area contributed by atoms with Crippen molar-refractivity contribution in [2.45, 2.75) is 18.9 Å². The molecule has 1 heterocycles. The quantitative estimate of drug-likeness (QED) is 0.891. The summed E-state index contributed by atoms with van der Waals surface area (Å²) in [5, 5.41) is 10.2. The molecule has 2 rings (SSSR count). The van der Waals surface area contributed by atoms with Crippen LogP contribution in [0.4, 0.5) is 8.78 Å². The third-order valence-electron chi connectivity index (χ3n) is 2.61. The molecule has 0 aliphatic rings. The number of rotatable bonds is 3. The summed E-state index contributed by atoms with van der Waals surface area (Å²) in [6.45, 7) is 1.57. The Bertz CT molecular complexity index is 484. The lowest BCUT2D eigenvalue weighted by Crippen LogP contribution is -2.23. The maximum absolute atomic E-state index is 13.0. The molecule has 17 heavy (non-hydrogen) atoms. The van der Waals surface area contributed by atoms with Crippen LogP contribution < -0.4 is 0 Å². The molecular formula is C13H12F2O2. The maximum atomic E-state index is 13.0. The molecule has 1 aromatic heterocycles. The molecule has 90 valence electrons. The molecule has 1 atom stereocenters. The zero-order valence-electron chi connectivity index (χ0n) is 9.28. The van der Waals surface area contributed by atoms with E-state index < -0.39 is 17.2 Å². The normalized spacial score (nSPS) is 14.6. The van der Waals surface area contributed by atoms with Crippen LogP contribution in [0.2, 0.25) is 0 Å². The maximum Gasteiger partial charge on any atom is 0.126 e. The highest BCUT2D eigenvalue weighted by Crippen LogP contribution is 2.26. The van der Waals surface area contributed by atoms with Crippen molar-refractivity contribution in [3.63, 3.8) is 0 Å². The first kappa shape index (κ1) is 11.8. The molecule has 0 aliphatic heterocycles. The average Bonchev–Trinajstić information content (AvgIpc) is 2.67. The van der Waals surface area contributed by atoms with Gasteiger partial charge < -0.3 is 9.52 Å². The molecule has 0 spiro atoms. The largest absolute Gasteiger partial charge is 0.472 e. The summed E-state index contributed by atoms with van der Waals surface area (Å²) in [5.41, 5.74) is -0.247. The molecule has 1 N–H and O–H groups in total. The van der Waals surface area contributed by atoms with Gasteiger partial charge in [-0.25, -0.2) is 8.78 Å². The van der Waals surface area contributed by atoms with E-state index >= 15 is 0 Å². The minimum absolute atomic E-state index is 0.112. The predicted molar refractivity (Wildman–Crippen MR) is 58.3 cm³/mol. The Kier molecular flexibility index (Phi) is 2.98. The summed E-state index contributed by atoms with van der Waals surface area (Å²) >= 11 is 0.